The minimum absolute atomic E-state index is 0.0841. The van der Waals surface area contributed by atoms with Crippen LogP contribution in [0.3, 0.4) is 0 Å². The summed E-state index contributed by atoms with van der Waals surface area (Å²) < 4.78 is 0. The maximum absolute atomic E-state index is 11.1. The molecule has 0 radical (unpaired) electrons. The van der Waals surface area contributed by atoms with Crippen LogP contribution < -0.4 is 0 Å². The number of aromatic nitrogens is 1. The Morgan fingerprint density at radius 2 is 2.18 bits per heavy atom. The highest BCUT2D eigenvalue weighted by Gasteiger charge is 2.17. The summed E-state index contributed by atoms with van der Waals surface area (Å²) in [7, 11) is 0. The molecule has 1 aromatic carbocycles. The van der Waals surface area contributed by atoms with Gasteiger partial charge in [0, 0.05) is 17.6 Å². The van der Waals surface area contributed by atoms with Crippen LogP contribution in [0.15, 0.2) is 24.4 Å². The van der Waals surface area contributed by atoms with Gasteiger partial charge >= 0.3 is 0 Å². The van der Waals surface area contributed by atoms with Crippen molar-refractivity contribution >= 4 is 33.4 Å². The molecule has 17 heavy (non-hydrogen) atoms. The van der Waals surface area contributed by atoms with Crippen molar-refractivity contribution in [3.63, 3.8) is 0 Å². The molecular formula is C11H7ClN2O3. The van der Waals surface area contributed by atoms with Crippen LogP contribution in [0.1, 0.15) is 15.9 Å². The number of fused-ring (bicyclic) bond motifs is 1. The molecule has 6 heteroatoms. The Labute approximate surface area is 101 Å². The molecule has 0 N–H and O–H groups in total. The number of nitrogens with zero attached hydrogens (tertiary/aromatic N) is 2. The average molecular weight is 251 g/mol. The van der Waals surface area contributed by atoms with E-state index in [9.17, 15) is 14.9 Å². The minimum Gasteiger partial charge on any atom is -0.276 e. The van der Waals surface area contributed by atoms with Crippen LogP contribution in [0.2, 0.25) is 0 Å². The molecule has 1 aromatic heterocycles. The van der Waals surface area contributed by atoms with Gasteiger partial charge in [-0.1, -0.05) is 12.1 Å². The predicted molar refractivity (Wildman–Crippen MR) is 63.3 cm³/mol. The van der Waals surface area contributed by atoms with Crippen LogP contribution in [0, 0.1) is 17.0 Å². The van der Waals surface area contributed by atoms with Gasteiger partial charge in [0.2, 0.25) is 0 Å². The van der Waals surface area contributed by atoms with Gasteiger partial charge in [-0.2, -0.15) is 0 Å². The molecule has 2 rings (SSSR count). The number of halogens is 1. The lowest BCUT2D eigenvalue weighted by Gasteiger charge is -2.05. The van der Waals surface area contributed by atoms with Crippen molar-refractivity contribution in [2.45, 2.75) is 6.92 Å². The van der Waals surface area contributed by atoms with Crippen molar-refractivity contribution in [1.29, 1.82) is 0 Å². The first-order valence-corrected chi connectivity index (χ1v) is 5.12. The Hall–Kier alpha value is -2.01. The van der Waals surface area contributed by atoms with Gasteiger partial charge in [0.05, 0.1) is 10.5 Å². The number of benzene rings is 1. The van der Waals surface area contributed by atoms with E-state index >= 15 is 0 Å². The minimum atomic E-state index is -0.622. The van der Waals surface area contributed by atoms with Crippen molar-refractivity contribution in [2.75, 3.05) is 0 Å². The number of nitro benzene ring substituents is 1. The molecule has 0 saturated carbocycles. The van der Waals surface area contributed by atoms with Gasteiger partial charge in [0.15, 0.2) is 0 Å². The molecule has 86 valence electrons. The Morgan fingerprint density at radius 3 is 2.76 bits per heavy atom. The number of carbonyl (C=O) groups excluding carboxylic acids is 1. The topological polar surface area (TPSA) is 73.1 Å². The quantitative estimate of drug-likeness (QED) is 0.467. The SMILES string of the molecule is Cc1c(C(=O)Cl)cnc2c([N+](=O)[O-])cccc12. The molecule has 0 spiro atoms. The van der Waals surface area contributed by atoms with E-state index < -0.39 is 10.2 Å². The predicted octanol–water partition coefficient (Wildman–Crippen LogP) is 2.83. The Morgan fingerprint density at radius 1 is 1.47 bits per heavy atom. The zero-order valence-corrected chi connectivity index (χ0v) is 9.56. The molecule has 0 bridgehead atoms. The number of para-hydroxylation sites is 1. The fourth-order valence-electron chi connectivity index (χ4n) is 1.69. The third-order valence-electron chi connectivity index (χ3n) is 2.55. The molecular weight excluding hydrogens is 244 g/mol. The van der Waals surface area contributed by atoms with Gasteiger partial charge in [0.25, 0.3) is 10.9 Å². The normalized spacial score (nSPS) is 10.5. The van der Waals surface area contributed by atoms with E-state index in [0.29, 0.717) is 10.9 Å². The molecule has 0 saturated heterocycles. The molecule has 0 aliphatic carbocycles. The number of hydrogen-bond acceptors (Lipinski definition) is 4. The van der Waals surface area contributed by atoms with E-state index in [1.165, 1.54) is 12.3 Å². The second-order valence-corrected chi connectivity index (χ2v) is 3.84. The van der Waals surface area contributed by atoms with Gasteiger partial charge in [0.1, 0.15) is 5.52 Å². The molecule has 0 fully saturated rings. The number of aryl methyl sites for hydroxylation is 1. The Balaban J connectivity index is 2.85. The van der Waals surface area contributed by atoms with Gasteiger partial charge in [-0.15, -0.1) is 0 Å². The number of pyridine rings is 1. The summed E-state index contributed by atoms with van der Waals surface area (Å²) >= 11 is 5.40. The van der Waals surface area contributed by atoms with E-state index in [2.05, 4.69) is 4.98 Å². The summed E-state index contributed by atoms with van der Waals surface area (Å²) in [5, 5.41) is 10.8. The van der Waals surface area contributed by atoms with Crippen molar-refractivity contribution in [1.82, 2.24) is 4.98 Å². The number of carbonyl (C=O) groups is 1. The molecule has 0 unspecified atom stereocenters. The van der Waals surface area contributed by atoms with Crippen molar-refractivity contribution < 1.29 is 9.72 Å². The van der Waals surface area contributed by atoms with Crippen LogP contribution in [-0.2, 0) is 0 Å². The lowest BCUT2D eigenvalue weighted by molar-refractivity contribution is -0.383. The molecule has 5 nitrogen and oxygen atoms in total. The first-order chi connectivity index (χ1) is 8.02. The third kappa shape index (κ3) is 1.85. The molecule has 1 heterocycles. The van der Waals surface area contributed by atoms with Crippen LogP contribution in [0.5, 0.6) is 0 Å². The van der Waals surface area contributed by atoms with Crippen molar-refractivity contribution in [2.24, 2.45) is 0 Å². The summed E-state index contributed by atoms with van der Waals surface area (Å²) in [6.45, 7) is 1.68. The first kappa shape index (κ1) is 11.5. The molecule has 2 aromatic rings. The number of rotatable bonds is 2. The summed E-state index contributed by atoms with van der Waals surface area (Å²) in [5.41, 5.74) is 1.04. The number of nitro groups is 1. The second kappa shape index (κ2) is 4.10. The average Bonchev–Trinajstić information content (AvgIpc) is 2.28. The highest BCUT2D eigenvalue weighted by Crippen LogP contribution is 2.27. The fourth-order valence-corrected chi connectivity index (χ4v) is 1.88. The van der Waals surface area contributed by atoms with Crippen LogP contribution in [-0.4, -0.2) is 15.1 Å². The van der Waals surface area contributed by atoms with Gasteiger partial charge in [-0.05, 0) is 24.1 Å². The maximum atomic E-state index is 11.1. The standard InChI is InChI=1S/C11H7ClN2O3/c1-6-7-3-2-4-9(14(16)17)10(7)13-5-8(6)11(12)15/h2-5H,1H3. The van der Waals surface area contributed by atoms with E-state index in [1.54, 1.807) is 19.1 Å². The summed E-state index contributed by atoms with van der Waals surface area (Å²) in [6.07, 6.45) is 1.26. The second-order valence-electron chi connectivity index (χ2n) is 3.50. The highest BCUT2D eigenvalue weighted by atomic mass is 35.5. The van der Waals surface area contributed by atoms with Crippen LogP contribution in [0.4, 0.5) is 5.69 Å². The lowest BCUT2D eigenvalue weighted by atomic mass is 10.1. The summed E-state index contributed by atoms with van der Waals surface area (Å²) in [6, 6.07) is 4.60. The molecule has 0 aliphatic rings. The van der Waals surface area contributed by atoms with E-state index in [1.807, 2.05) is 0 Å². The summed E-state index contributed by atoms with van der Waals surface area (Å²) in [5.74, 6) is 0. The third-order valence-corrected chi connectivity index (χ3v) is 2.76. The van der Waals surface area contributed by atoms with E-state index in [-0.39, 0.29) is 16.8 Å². The first-order valence-electron chi connectivity index (χ1n) is 4.75. The van der Waals surface area contributed by atoms with Crippen LogP contribution >= 0.6 is 11.6 Å². The van der Waals surface area contributed by atoms with Crippen LogP contribution in [0.25, 0.3) is 10.9 Å². The highest BCUT2D eigenvalue weighted by molar-refractivity contribution is 6.68. The van der Waals surface area contributed by atoms with E-state index in [4.69, 9.17) is 11.6 Å². The smallest absolute Gasteiger partial charge is 0.276 e. The van der Waals surface area contributed by atoms with Gasteiger partial charge < -0.3 is 0 Å². The van der Waals surface area contributed by atoms with Crippen molar-refractivity contribution in [3.8, 4) is 0 Å². The number of non-ortho nitro benzene ring substituents is 1. The van der Waals surface area contributed by atoms with Crippen molar-refractivity contribution in [3.05, 3.63) is 45.6 Å². The molecule has 0 atom stereocenters. The lowest BCUT2D eigenvalue weighted by Crippen LogP contribution is -1.98. The largest absolute Gasteiger partial charge is 0.295 e. The number of hydrogen-bond donors (Lipinski definition) is 0. The van der Waals surface area contributed by atoms with E-state index in [0.717, 1.165) is 0 Å². The zero-order valence-electron chi connectivity index (χ0n) is 8.81. The van der Waals surface area contributed by atoms with Gasteiger partial charge in [-0.3, -0.25) is 14.9 Å². The Kier molecular flexibility index (Phi) is 2.77. The maximum Gasteiger partial charge on any atom is 0.295 e. The van der Waals surface area contributed by atoms with Gasteiger partial charge in [-0.25, -0.2) is 4.98 Å². The molecule has 0 aliphatic heterocycles. The zero-order chi connectivity index (χ0) is 12.6. The molecule has 0 amide bonds. The fraction of sp³-hybridized carbons (Fsp3) is 0.0909. The Bertz CT molecular complexity index is 640. The summed E-state index contributed by atoms with van der Waals surface area (Å²) in [4.78, 5) is 25.4. The monoisotopic (exact) mass is 250 g/mol.